The summed E-state index contributed by atoms with van der Waals surface area (Å²) in [6, 6.07) is -0.535. The number of allylic oxidation sites excluding steroid dienone is 2. The van der Waals surface area contributed by atoms with Crippen LogP contribution < -0.4 is 5.32 Å². The summed E-state index contributed by atoms with van der Waals surface area (Å²) in [4.78, 5) is 12.5. The smallest absolute Gasteiger partial charge is 0.220 e. The number of aliphatic hydroxyl groups is 2. The Morgan fingerprint density at radius 2 is 0.623 bits per heavy atom. The molecule has 2 unspecified atom stereocenters. The lowest BCUT2D eigenvalue weighted by molar-refractivity contribution is -0.123. The summed E-state index contributed by atoms with van der Waals surface area (Å²) >= 11 is 0. The van der Waals surface area contributed by atoms with Crippen molar-refractivity contribution < 1.29 is 15.0 Å². The molecule has 0 bridgehead atoms. The van der Waals surface area contributed by atoms with Gasteiger partial charge in [0.25, 0.3) is 0 Å². The van der Waals surface area contributed by atoms with Crippen molar-refractivity contribution in [3.8, 4) is 0 Å². The van der Waals surface area contributed by atoms with Gasteiger partial charge >= 0.3 is 0 Å². The predicted octanol–water partition coefficient (Wildman–Crippen LogP) is 18.5. The van der Waals surface area contributed by atoms with Gasteiger partial charge in [0.1, 0.15) is 0 Å². The Kier molecular flexibility index (Phi) is 52.7. The van der Waals surface area contributed by atoms with E-state index < -0.39 is 12.1 Å². The zero-order valence-corrected chi connectivity index (χ0v) is 42.0. The fourth-order valence-corrected chi connectivity index (χ4v) is 9.18. The van der Waals surface area contributed by atoms with Gasteiger partial charge in [-0.2, -0.15) is 0 Å². The van der Waals surface area contributed by atoms with Crippen molar-refractivity contribution in [2.24, 2.45) is 0 Å². The molecule has 1 amide bonds. The fourth-order valence-electron chi connectivity index (χ4n) is 9.18. The van der Waals surface area contributed by atoms with Crippen molar-refractivity contribution >= 4 is 5.91 Å². The topological polar surface area (TPSA) is 69.6 Å². The number of hydrogen-bond donors (Lipinski definition) is 3. The molecule has 2 atom stereocenters. The van der Waals surface area contributed by atoms with Crippen molar-refractivity contribution in [3.63, 3.8) is 0 Å². The first-order valence-electron chi connectivity index (χ1n) is 28.4. The Morgan fingerprint density at radius 1 is 0.377 bits per heavy atom. The number of nitrogens with one attached hydrogen (secondary N) is 1. The second-order valence-electron chi connectivity index (χ2n) is 19.7. The molecule has 4 nitrogen and oxygen atoms in total. The normalized spacial score (nSPS) is 12.8. The summed E-state index contributed by atoms with van der Waals surface area (Å²) < 4.78 is 0. The molecular weight excluding hydrogens is 747 g/mol. The van der Waals surface area contributed by atoms with Crippen LogP contribution in [0, 0.1) is 0 Å². The van der Waals surface area contributed by atoms with Crippen molar-refractivity contribution in [2.45, 2.75) is 341 Å². The maximum atomic E-state index is 12.5. The van der Waals surface area contributed by atoms with Crippen molar-refractivity contribution in [3.05, 3.63) is 12.2 Å². The van der Waals surface area contributed by atoms with Crippen molar-refractivity contribution in [1.29, 1.82) is 0 Å². The van der Waals surface area contributed by atoms with Gasteiger partial charge in [-0.05, 0) is 38.5 Å². The van der Waals surface area contributed by atoms with E-state index in [9.17, 15) is 15.0 Å². The highest BCUT2D eigenvalue weighted by Crippen LogP contribution is 2.18. The highest BCUT2D eigenvalue weighted by atomic mass is 16.3. The average molecular weight is 861 g/mol. The van der Waals surface area contributed by atoms with Crippen LogP contribution >= 0.6 is 0 Å². The highest BCUT2D eigenvalue weighted by molar-refractivity contribution is 5.76. The van der Waals surface area contributed by atoms with Gasteiger partial charge in [-0.25, -0.2) is 0 Å². The van der Waals surface area contributed by atoms with Gasteiger partial charge < -0.3 is 15.5 Å². The molecule has 0 saturated heterocycles. The summed E-state index contributed by atoms with van der Waals surface area (Å²) in [5.41, 5.74) is 0. The lowest BCUT2D eigenvalue weighted by Gasteiger charge is -2.22. The highest BCUT2D eigenvalue weighted by Gasteiger charge is 2.20. The van der Waals surface area contributed by atoms with Gasteiger partial charge in [0.15, 0.2) is 0 Å². The molecule has 0 aromatic carbocycles. The minimum Gasteiger partial charge on any atom is -0.394 e. The standard InChI is InChI=1S/C57H113NO3/c1-3-5-7-9-11-13-15-17-19-21-23-24-25-26-27-28-29-30-31-32-33-35-36-38-40-42-44-46-48-50-52-56(60)55(54-59)58-57(61)53-51-49-47-45-43-41-39-37-34-22-20-18-16-14-12-10-8-6-4-2/h18,20,55-56,59-60H,3-17,19,21-54H2,1-2H3,(H,58,61)/b20-18-. The van der Waals surface area contributed by atoms with Gasteiger partial charge in [0, 0.05) is 6.42 Å². The molecule has 0 aliphatic carbocycles. The van der Waals surface area contributed by atoms with Crippen LogP contribution in [-0.4, -0.2) is 34.9 Å². The van der Waals surface area contributed by atoms with E-state index in [-0.39, 0.29) is 12.5 Å². The Balaban J connectivity index is 3.40. The minimum absolute atomic E-state index is 0.0279. The molecule has 0 aromatic rings. The van der Waals surface area contributed by atoms with Crippen molar-refractivity contribution in [1.82, 2.24) is 5.32 Å². The second-order valence-corrected chi connectivity index (χ2v) is 19.7. The first-order chi connectivity index (χ1) is 30.2. The molecule has 4 heteroatoms. The summed E-state index contributed by atoms with van der Waals surface area (Å²) in [7, 11) is 0. The minimum atomic E-state index is -0.658. The van der Waals surface area contributed by atoms with Crippen LogP contribution in [0.4, 0.5) is 0 Å². The lowest BCUT2D eigenvalue weighted by atomic mass is 10.0. The van der Waals surface area contributed by atoms with E-state index in [4.69, 9.17) is 0 Å². The van der Waals surface area contributed by atoms with Crippen LogP contribution in [0.2, 0.25) is 0 Å². The monoisotopic (exact) mass is 860 g/mol. The summed E-state index contributed by atoms with van der Waals surface area (Å²) in [5.74, 6) is -0.0279. The van der Waals surface area contributed by atoms with Gasteiger partial charge in [0.2, 0.25) is 5.91 Å². The number of carbonyl (C=O) groups excluding carboxylic acids is 1. The molecule has 0 fully saturated rings. The number of hydrogen-bond acceptors (Lipinski definition) is 3. The number of aliphatic hydroxyl groups excluding tert-OH is 2. The van der Waals surface area contributed by atoms with E-state index in [2.05, 4.69) is 31.3 Å². The van der Waals surface area contributed by atoms with E-state index in [1.54, 1.807) is 0 Å². The van der Waals surface area contributed by atoms with Gasteiger partial charge in [-0.3, -0.25) is 4.79 Å². The number of amides is 1. The van der Waals surface area contributed by atoms with E-state index in [0.717, 1.165) is 25.7 Å². The molecule has 0 rings (SSSR count). The first kappa shape index (κ1) is 60.1. The van der Waals surface area contributed by atoms with Crippen LogP contribution in [0.3, 0.4) is 0 Å². The predicted molar refractivity (Wildman–Crippen MR) is 272 cm³/mol. The Bertz CT molecular complexity index is 844. The number of rotatable bonds is 53. The van der Waals surface area contributed by atoms with E-state index in [0.29, 0.717) is 12.8 Å². The molecule has 3 N–H and O–H groups in total. The molecule has 0 aliphatic heterocycles. The molecular formula is C57H113NO3. The largest absolute Gasteiger partial charge is 0.394 e. The Labute approximate surface area is 384 Å². The van der Waals surface area contributed by atoms with Crippen molar-refractivity contribution in [2.75, 3.05) is 6.61 Å². The SMILES string of the molecule is CCCCCCCC/C=C\CCCCCCCCCCCC(=O)NC(CO)C(O)CCCCCCCCCCCCCCCCCCCCCCCCCCCCCCCC. The third kappa shape index (κ3) is 50.0. The van der Waals surface area contributed by atoms with Gasteiger partial charge in [0.05, 0.1) is 18.8 Å². The molecule has 0 aliphatic rings. The zero-order chi connectivity index (χ0) is 44.2. The first-order valence-corrected chi connectivity index (χ1v) is 28.4. The fraction of sp³-hybridized carbons (Fsp3) is 0.947. The molecule has 0 spiro atoms. The zero-order valence-electron chi connectivity index (χ0n) is 42.0. The van der Waals surface area contributed by atoms with Crippen LogP contribution in [0.25, 0.3) is 0 Å². The molecule has 0 saturated carbocycles. The third-order valence-corrected chi connectivity index (χ3v) is 13.5. The van der Waals surface area contributed by atoms with Crippen LogP contribution in [0.15, 0.2) is 12.2 Å². The Morgan fingerprint density at radius 3 is 0.902 bits per heavy atom. The van der Waals surface area contributed by atoms with Gasteiger partial charge in [-0.15, -0.1) is 0 Å². The second kappa shape index (κ2) is 53.5. The molecule has 0 aromatic heterocycles. The molecule has 61 heavy (non-hydrogen) atoms. The maximum absolute atomic E-state index is 12.5. The third-order valence-electron chi connectivity index (χ3n) is 13.5. The van der Waals surface area contributed by atoms with Crippen LogP contribution in [0.5, 0.6) is 0 Å². The summed E-state index contributed by atoms with van der Waals surface area (Å²) in [5, 5.41) is 23.3. The average Bonchev–Trinajstić information content (AvgIpc) is 3.26. The van der Waals surface area contributed by atoms with E-state index in [1.807, 2.05) is 0 Å². The van der Waals surface area contributed by atoms with Crippen LogP contribution in [0.1, 0.15) is 328 Å². The number of unbranched alkanes of at least 4 members (excludes halogenated alkanes) is 44. The molecule has 0 radical (unpaired) electrons. The number of carbonyl (C=O) groups is 1. The van der Waals surface area contributed by atoms with E-state index in [1.165, 1.54) is 276 Å². The summed E-state index contributed by atoms with van der Waals surface area (Å²) in [6.45, 7) is 4.39. The quantitative estimate of drug-likeness (QED) is 0.0421. The maximum Gasteiger partial charge on any atom is 0.220 e. The van der Waals surface area contributed by atoms with Crippen LogP contribution in [-0.2, 0) is 4.79 Å². The molecule has 364 valence electrons. The Hall–Kier alpha value is -0.870. The summed E-state index contributed by atoms with van der Waals surface area (Å²) in [6.07, 6.45) is 69.2. The lowest BCUT2D eigenvalue weighted by Crippen LogP contribution is -2.45. The van der Waals surface area contributed by atoms with E-state index >= 15 is 0 Å². The van der Waals surface area contributed by atoms with Gasteiger partial charge in [-0.1, -0.05) is 296 Å². The molecule has 0 heterocycles.